The van der Waals surface area contributed by atoms with E-state index >= 15 is 0 Å². The van der Waals surface area contributed by atoms with Crippen LogP contribution in [0.1, 0.15) is 32.6 Å². The van der Waals surface area contributed by atoms with Crippen LogP contribution in [0.2, 0.25) is 0 Å². The molecule has 0 aromatic rings. The standard InChI is InChI=1S/C10H20N2O3/c1-8(12-9(13)7-11-2)5-3-4-6-10(14)15/h8,11H,3-7H2,1-2H3,(H,12,13)(H,14,15). The van der Waals surface area contributed by atoms with Gasteiger partial charge in [-0.15, -0.1) is 0 Å². The first-order chi connectivity index (χ1) is 7.06. The van der Waals surface area contributed by atoms with Crippen LogP contribution in [0.5, 0.6) is 0 Å². The lowest BCUT2D eigenvalue weighted by Crippen LogP contribution is -2.38. The zero-order chi connectivity index (χ0) is 11.7. The maximum absolute atomic E-state index is 11.1. The van der Waals surface area contributed by atoms with E-state index in [1.807, 2.05) is 6.92 Å². The molecule has 1 amide bonds. The molecule has 0 spiro atoms. The molecule has 0 rings (SSSR count). The number of carbonyl (C=O) groups is 2. The first-order valence-electron chi connectivity index (χ1n) is 5.22. The van der Waals surface area contributed by atoms with Crippen molar-refractivity contribution in [1.82, 2.24) is 10.6 Å². The van der Waals surface area contributed by atoms with Gasteiger partial charge in [-0.3, -0.25) is 9.59 Å². The van der Waals surface area contributed by atoms with Crippen molar-refractivity contribution in [2.24, 2.45) is 0 Å². The summed E-state index contributed by atoms with van der Waals surface area (Å²) in [4.78, 5) is 21.4. The largest absolute Gasteiger partial charge is 0.481 e. The smallest absolute Gasteiger partial charge is 0.303 e. The molecule has 0 fully saturated rings. The first-order valence-corrected chi connectivity index (χ1v) is 5.22. The van der Waals surface area contributed by atoms with Gasteiger partial charge in [-0.05, 0) is 26.8 Å². The topological polar surface area (TPSA) is 78.4 Å². The highest BCUT2D eigenvalue weighted by atomic mass is 16.4. The van der Waals surface area contributed by atoms with E-state index < -0.39 is 5.97 Å². The van der Waals surface area contributed by atoms with Gasteiger partial charge in [0.15, 0.2) is 0 Å². The molecule has 3 N–H and O–H groups in total. The summed E-state index contributed by atoms with van der Waals surface area (Å²) >= 11 is 0. The number of hydrogen-bond donors (Lipinski definition) is 3. The molecule has 1 unspecified atom stereocenters. The van der Waals surface area contributed by atoms with E-state index in [9.17, 15) is 9.59 Å². The highest BCUT2D eigenvalue weighted by Crippen LogP contribution is 2.03. The van der Waals surface area contributed by atoms with Crippen LogP contribution in [0.4, 0.5) is 0 Å². The number of aliphatic carboxylic acids is 1. The summed E-state index contributed by atoms with van der Waals surface area (Å²) in [5.74, 6) is -0.787. The van der Waals surface area contributed by atoms with E-state index in [2.05, 4.69) is 10.6 Å². The van der Waals surface area contributed by atoms with E-state index in [1.54, 1.807) is 7.05 Å². The molecule has 0 aromatic heterocycles. The predicted molar refractivity (Wildman–Crippen MR) is 57.6 cm³/mol. The molecule has 5 heteroatoms. The Hall–Kier alpha value is -1.10. The number of amides is 1. The van der Waals surface area contributed by atoms with Gasteiger partial charge >= 0.3 is 5.97 Å². The Morgan fingerprint density at radius 2 is 2.00 bits per heavy atom. The number of carboxylic acid groups (broad SMARTS) is 1. The minimum absolute atomic E-state index is 0.0248. The molecular formula is C10H20N2O3. The molecule has 0 aromatic carbocycles. The Balaban J connectivity index is 3.44. The van der Waals surface area contributed by atoms with E-state index in [0.717, 1.165) is 12.8 Å². The van der Waals surface area contributed by atoms with Gasteiger partial charge < -0.3 is 15.7 Å². The first kappa shape index (κ1) is 13.9. The minimum Gasteiger partial charge on any atom is -0.481 e. The van der Waals surface area contributed by atoms with Gasteiger partial charge in [0.1, 0.15) is 0 Å². The summed E-state index contributed by atoms with van der Waals surface area (Å²) in [6.07, 6.45) is 2.52. The molecule has 0 heterocycles. The fraction of sp³-hybridized carbons (Fsp3) is 0.800. The molecule has 5 nitrogen and oxygen atoms in total. The highest BCUT2D eigenvalue weighted by Gasteiger charge is 2.06. The van der Waals surface area contributed by atoms with Crippen LogP contribution in [0, 0.1) is 0 Å². The molecule has 0 radical (unpaired) electrons. The van der Waals surface area contributed by atoms with Crippen LogP contribution < -0.4 is 10.6 Å². The monoisotopic (exact) mass is 216 g/mol. The van der Waals surface area contributed by atoms with Crippen LogP contribution in [0.25, 0.3) is 0 Å². The fourth-order valence-corrected chi connectivity index (χ4v) is 1.29. The normalized spacial score (nSPS) is 12.1. The summed E-state index contributed by atoms with van der Waals surface area (Å²) < 4.78 is 0. The van der Waals surface area contributed by atoms with Crippen LogP contribution in [0.15, 0.2) is 0 Å². The Bertz CT molecular complexity index is 207. The predicted octanol–water partition coefficient (Wildman–Crippen LogP) is 0.355. The third-order valence-corrected chi connectivity index (χ3v) is 2.02. The van der Waals surface area contributed by atoms with E-state index in [-0.39, 0.29) is 18.4 Å². The second-order valence-electron chi connectivity index (χ2n) is 3.64. The second kappa shape index (κ2) is 8.23. The number of unbranched alkanes of at least 4 members (excludes halogenated alkanes) is 1. The van der Waals surface area contributed by atoms with Crippen molar-refractivity contribution < 1.29 is 14.7 Å². The van der Waals surface area contributed by atoms with Crippen molar-refractivity contribution in [3.8, 4) is 0 Å². The Morgan fingerprint density at radius 1 is 1.33 bits per heavy atom. The number of carbonyl (C=O) groups excluding carboxylic acids is 1. The number of rotatable bonds is 8. The number of carboxylic acids is 1. The Morgan fingerprint density at radius 3 is 2.53 bits per heavy atom. The fourth-order valence-electron chi connectivity index (χ4n) is 1.29. The number of hydrogen-bond acceptors (Lipinski definition) is 3. The van der Waals surface area contributed by atoms with Crippen molar-refractivity contribution >= 4 is 11.9 Å². The molecule has 0 aliphatic heterocycles. The lowest BCUT2D eigenvalue weighted by Gasteiger charge is -2.13. The van der Waals surface area contributed by atoms with Gasteiger partial charge in [0.05, 0.1) is 6.54 Å². The van der Waals surface area contributed by atoms with Gasteiger partial charge in [-0.1, -0.05) is 6.42 Å². The Labute approximate surface area is 90.2 Å². The third-order valence-electron chi connectivity index (χ3n) is 2.02. The van der Waals surface area contributed by atoms with Gasteiger partial charge in [0.2, 0.25) is 5.91 Å². The maximum Gasteiger partial charge on any atom is 0.303 e. The highest BCUT2D eigenvalue weighted by molar-refractivity contribution is 5.78. The van der Waals surface area contributed by atoms with Crippen LogP contribution in [-0.2, 0) is 9.59 Å². The number of nitrogens with one attached hydrogen (secondary N) is 2. The lowest BCUT2D eigenvalue weighted by atomic mass is 10.1. The molecule has 0 bridgehead atoms. The lowest BCUT2D eigenvalue weighted by molar-refractivity contribution is -0.137. The average molecular weight is 216 g/mol. The van der Waals surface area contributed by atoms with Crippen LogP contribution in [-0.4, -0.2) is 36.6 Å². The summed E-state index contributed by atoms with van der Waals surface area (Å²) in [6.45, 7) is 2.24. The van der Waals surface area contributed by atoms with Crippen LogP contribution >= 0.6 is 0 Å². The summed E-state index contributed by atoms with van der Waals surface area (Å²) in [6, 6.07) is 0.111. The second-order valence-corrected chi connectivity index (χ2v) is 3.64. The van der Waals surface area contributed by atoms with Gasteiger partial charge in [0, 0.05) is 12.5 Å². The zero-order valence-corrected chi connectivity index (χ0v) is 9.38. The molecule has 0 saturated carbocycles. The summed E-state index contributed by atoms with van der Waals surface area (Å²) in [7, 11) is 1.72. The molecule has 0 aliphatic rings. The molecule has 15 heavy (non-hydrogen) atoms. The van der Waals surface area contributed by atoms with Crippen molar-refractivity contribution in [1.29, 1.82) is 0 Å². The minimum atomic E-state index is -0.762. The molecular weight excluding hydrogens is 196 g/mol. The molecule has 1 atom stereocenters. The summed E-state index contributed by atoms with van der Waals surface area (Å²) in [5.41, 5.74) is 0. The quantitative estimate of drug-likeness (QED) is 0.512. The van der Waals surface area contributed by atoms with Crippen molar-refractivity contribution in [3.05, 3.63) is 0 Å². The van der Waals surface area contributed by atoms with Gasteiger partial charge in [-0.25, -0.2) is 0 Å². The molecule has 88 valence electrons. The van der Waals surface area contributed by atoms with Crippen molar-refractivity contribution in [2.45, 2.75) is 38.6 Å². The zero-order valence-electron chi connectivity index (χ0n) is 9.38. The molecule has 0 aliphatic carbocycles. The number of likely N-dealkylation sites (N-methyl/N-ethyl adjacent to an activating group) is 1. The third kappa shape index (κ3) is 9.21. The van der Waals surface area contributed by atoms with E-state index in [0.29, 0.717) is 13.0 Å². The van der Waals surface area contributed by atoms with E-state index in [4.69, 9.17) is 5.11 Å². The van der Waals surface area contributed by atoms with Crippen LogP contribution in [0.3, 0.4) is 0 Å². The van der Waals surface area contributed by atoms with Crippen molar-refractivity contribution in [2.75, 3.05) is 13.6 Å². The Kier molecular flexibility index (Phi) is 7.62. The SMILES string of the molecule is CNCC(=O)NC(C)CCCCC(=O)O. The molecule has 0 saturated heterocycles. The van der Waals surface area contributed by atoms with Gasteiger partial charge in [-0.2, -0.15) is 0 Å². The maximum atomic E-state index is 11.1. The summed E-state index contributed by atoms with van der Waals surface area (Å²) in [5, 5.41) is 14.0. The van der Waals surface area contributed by atoms with E-state index in [1.165, 1.54) is 0 Å². The average Bonchev–Trinajstić information content (AvgIpc) is 2.12. The van der Waals surface area contributed by atoms with Gasteiger partial charge in [0.25, 0.3) is 0 Å². The van der Waals surface area contributed by atoms with Crippen molar-refractivity contribution in [3.63, 3.8) is 0 Å².